The normalized spacial score (nSPS) is 50.9. The molecule has 22 heavy (non-hydrogen) atoms. The summed E-state index contributed by atoms with van der Waals surface area (Å²) in [6, 6.07) is 0. The Morgan fingerprint density at radius 1 is 1.18 bits per heavy atom. The van der Waals surface area contributed by atoms with E-state index in [-0.39, 0.29) is 10.8 Å². The van der Waals surface area contributed by atoms with Gasteiger partial charge in [-0.05, 0) is 86.0 Å². The van der Waals surface area contributed by atoms with E-state index in [9.17, 15) is 9.90 Å². The molecule has 0 saturated heterocycles. The Morgan fingerprint density at radius 2 is 2.00 bits per heavy atom. The smallest absolute Gasteiger partial charge is 0.155 e. The molecule has 0 aliphatic heterocycles. The van der Waals surface area contributed by atoms with E-state index in [4.69, 9.17) is 0 Å². The molecule has 6 atom stereocenters. The SMILES string of the molecule is CC1=CC(=O)C[C@@H]2CC[C@H]3[C@@H]4CCC[C@@]4(CO)CC[C@@H]3[C@@]12C. The van der Waals surface area contributed by atoms with E-state index in [2.05, 4.69) is 13.8 Å². The zero-order valence-electron chi connectivity index (χ0n) is 14.1. The summed E-state index contributed by atoms with van der Waals surface area (Å²) in [5, 5.41) is 10.1. The van der Waals surface area contributed by atoms with Crippen molar-refractivity contribution in [2.24, 2.45) is 34.5 Å². The second-order valence-corrected chi connectivity index (χ2v) is 8.88. The fourth-order valence-corrected chi connectivity index (χ4v) is 7.13. The molecule has 0 unspecified atom stereocenters. The van der Waals surface area contributed by atoms with Crippen LogP contribution in [-0.4, -0.2) is 17.5 Å². The number of carbonyl (C=O) groups excluding carboxylic acids is 1. The first-order valence-corrected chi connectivity index (χ1v) is 9.34. The van der Waals surface area contributed by atoms with Crippen LogP contribution in [0, 0.1) is 34.5 Å². The van der Waals surface area contributed by atoms with Crippen molar-refractivity contribution in [2.75, 3.05) is 6.61 Å². The maximum Gasteiger partial charge on any atom is 0.155 e. The molecular formula is C20H30O2. The van der Waals surface area contributed by atoms with Gasteiger partial charge in [0.15, 0.2) is 5.78 Å². The van der Waals surface area contributed by atoms with Crippen LogP contribution in [0.15, 0.2) is 11.6 Å². The summed E-state index contributed by atoms with van der Waals surface area (Å²) < 4.78 is 0. The Balaban J connectivity index is 1.71. The van der Waals surface area contributed by atoms with Crippen molar-refractivity contribution in [1.82, 2.24) is 0 Å². The van der Waals surface area contributed by atoms with Crippen LogP contribution in [0.2, 0.25) is 0 Å². The third-order valence-electron chi connectivity index (χ3n) is 8.42. The Kier molecular flexibility index (Phi) is 3.35. The number of ketones is 1. The lowest BCUT2D eigenvalue weighted by Gasteiger charge is -2.60. The van der Waals surface area contributed by atoms with E-state index in [0.717, 1.165) is 24.2 Å². The van der Waals surface area contributed by atoms with E-state index in [1.165, 1.54) is 50.5 Å². The molecule has 0 heterocycles. The Labute approximate surface area is 134 Å². The third kappa shape index (κ3) is 1.79. The van der Waals surface area contributed by atoms with Crippen LogP contribution in [0.1, 0.15) is 65.2 Å². The van der Waals surface area contributed by atoms with Crippen molar-refractivity contribution < 1.29 is 9.90 Å². The summed E-state index contributed by atoms with van der Waals surface area (Å²) in [4.78, 5) is 12.0. The van der Waals surface area contributed by atoms with Gasteiger partial charge >= 0.3 is 0 Å². The molecule has 3 saturated carbocycles. The van der Waals surface area contributed by atoms with Gasteiger partial charge in [0.1, 0.15) is 0 Å². The van der Waals surface area contributed by atoms with Crippen LogP contribution >= 0.6 is 0 Å². The number of rotatable bonds is 1. The van der Waals surface area contributed by atoms with E-state index in [1.807, 2.05) is 6.08 Å². The average molecular weight is 302 g/mol. The zero-order valence-corrected chi connectivity index (χ0v) is 14.1. The third-order valence-corrected chi connectivity index (χ3v) is 8.42. The molecule has 0 aromatic carbocycles. The number of carbonyl (C=O) groups is 1. The lowest BCUT2D eigenvalue weighted by Crippen LogP contribution is -2.54. The largest absolute Gasteiger partial charge is 0.396 e. The topological polar surface area (TPSA) is 37.3 Å². The van der Waals surface area contributed by atoms with Crippen molar-refractivity contribution in [3.8, 4) is 0 Å². The van der Waals surface area contributed by atoms with E-state index >= 15 is 0 Å². The van der Waals surface area contributed by atoms with Crippen LogP contribution in [0.25, 0.3) is 0 Å². The van der Waals surface area contributed by atoms with Gasteiger partial charge < -0.3 is 5.11 Å². The zero-order chi connectivity index (χ0) is 15.5. The summed E-state index contributed by atoms with van der Waals surface area (Å²) in [6.07, 6.45) is 11.6. The van der Waals surface area contributed by atoms with Gasteiger partial charge in [0.05, 0.1) is 0 Å². The van der Waals surface area contributed by atoms with Crippen molar-refractivity contribution in [2.45, 2.75) is 65.2 Å². The van der Waals surface area contributed by atoms with Gasteiger partial charge in [-0.2, -0.15) is 0 Å². The predicted molar refractivity (Wildman–Crippen MR) is 87.3 cm³/mol. The average Bonchev–Trinajstić information content (AvgIpc) is 2.93. The first-order chi connectivity index (χ1) is 10.5. The molecule has 4 rings (SSSR count). The Morgan fingerprint density at radius 3 is 2.77 bits per heavy atom. The molecule has 122 valence electrons. The van der Waals surface area contributed by atoms with Crippen LogP contribution in [-0.2, 0) is 4.79 Å². The van der Waals surface area contributed by atoms with Gasteiger partial charge in [-0.3, -0.25) is 4.79 Å². The fourth-order valence-electron chi connectivity index (χ4n) is 7.13. The molecular weight excluding hydrogens is 272 g/mol. The lowest BCUT2D eigenvalue weighted by atomic mass is 9.45. The number of fused-ring (bicyclic) bond motifs is 5. The first kappa shape index (κ1) is 14.9. The molecule has 4 aliphatic carbocycles. The fraction of sp³-hybridized carbons (Fsp3) is 0.850. The second-order valence-electron chi connectivity index (χ2n) is 8.88. The number of aliphatic hydroxyl groups excluding tert-OH is 1. The summed E-state index contributed by atoms with van der Waals surface area (Å²) >= 11 is 0. The number of allylic oxidation sites excluding steroid dienone is 2. The van der Waals surface area contributed by atoms with Crippen LogP contribution < -0.4 is 0 Å². The minimum Gasteiger partial charge on any atom is -0.396 e. The summed E-state index contributed by atoms with van der Waals surface area (Å²) in [5.74, 6) is 3.16. The summed E-state index contributed by atoms with van der Waals surface area (Å²) in [7, 11) is 0. The maximum atomic E-state index is 12.0. The van der Waals surface area contributed by atoms with E-state index < -0.39 is 0 Å². The van der Waals surface area contributed by atoms with E-state index in [1.54, 1.807) is 0 Å². The van der Waals surface area contributed by atoms with Gasteiger partial charge in [0, 0.05) is 13.0 Å². The minimum absolute atomic E-state index is 0.237. The molecule has 0 spiro atoms. The number of hydrogen-bond acceptors (Lipinski definition) is 2. The molecule has 0 bridgehead atoms. The highest BCUT2D eigenvalue weighted by Gasteiger charge is 2.59. The lowest BCUT2D eigenvalue weighted by molar-refractivity contribution is -0.124. The van der Waals surface area contributed by atoms with Gasteiger partial charge in [0.25, 0.3) is 0 Å². The van der Waals surface area contributed by atoms with Gasteiger partial charge in [0.2, 0.25) is 0 Å². The molecule has 0 aromatic rings. The molecule has 2 nitrogen and oxygen atoms in total. The highest BCUT2D eigenvalue weighted by atomic mass is 16.3. The van der Waals surface area contributed by atoms with Crippen molar-refractivity contribution in [1.29, 1.82) is 0 Å². The molecule has 2 heteroatoms. The highest BCUT2D eigenvalue weighted by Crippen LogP contribution is 2.66. The second kappa shape index (κ2) is 4.93. The molecule has 4 aliphatic rings. The Bertz CT molecular complexity index is 522. The van der Waals surface area contributed by atoms with Crippen molar-refractivity contribution in [3.05, 3.63) is 11.6 Å². The van der Waals surface area contributed by atoms with Crippen LogP contribution in [0.5, 0.6) is 0 Å². The molecule has 3 fully saturated rings. The van der Waals surface area contributed by atoms with Gasteiger partial charge in [-0.15, -0.1) is 0 Å². The molecule has 0 radical (unpaired) electrons. The number of hydrogen-bond donors (Lipinski definition) is 1. The molecule has 1 N–H and O–H groups in total. The Hall–Kier alpha value is -0.630. The molecule has 0 aromatic heterocycles. The number of aliphatic hydroxyl groups is 1. The van der Waals surface area contributed by atoms with Gasteiger partial charge in [-0.1, -0.05) is 18.9 Å². The maximum absolute atomic E-state index is 12.0. The van der Waals surface area contributed by atoms with E-state index in [0.29, 0.717) is 18.3 Å². The van der Waals surface area contributed by atoms with Gasteiger partial charge in [-0.25, -0.2) is 0 Å². The highest BCUT2D eigenvalue weighted by molar-refractivity contribution is 5.91. The van der Waals surface area contributed by atoms with Crippen LogP contribution in [0.4, 0.5) is 0 Å². The summed E-state index contributed by atoms with van der Waals surface area (Å²) in [6.45, 7) is 5.05. The quantitative estimate of drug-likeness (QED) is 0.791. The molecule has 0 amide bonds. The predicted octanol–water partition coefficient (Wildman–Crippen LogP) is 4.13. The first-order valence-electron chi connectivity index (χ1n) is 9.34. The monoisotopic (exact) mass is 302 g/mol. The van der Waals surface area contributed by atoms with Crippen LogP contribution in [0.3, 0.4) is 0 Å². The van der Waals surface area contributed by atoms with Crippen molar-refractivity contribution in [3.63, 3.8) is 0 Å². The van der Waals surface area contributed by atoms with Crippen molar-refractivity contribution >= 4 is 5.78 Å². The minimum atomic E-state index is 0.237. The summed E-state index contributed by atoms with van der Waals surface area (Å²) in [5.41, 5.74) is 1.82. The standard InChI is InChI=1S/C20H30O2/c1-13-10-15(22)11-14-5-6-16-17(19(13,14)2)7-9-20(12-21)8-3-4-18(16)20/h10,14,16-18,21H,3-9,11-12H2,1-2H3/t14-,16+,17-,18-,19-,20-/m0/s1.